The van der Waals surface area contributed by atoms with Crippen molar-refractivity contribution in [1.29, 1.82) is 0 Å². The fraction of sp³-hybridized carbons (Fsp3) is 0.391. The quantitative estimate of drug-likeness (QED) is 0.604. The van der Waals surface area contributed by atoms with Crippen molar-refractivity contribution in [2.75, 3.05) is 6.54 Å². The number of Topliss-reactive ketones (excluding diaryl/α,β-unsaturated/α-hetero) is 3. The summed E-state index contributed by atoms with van der Waals surface area (Å²) in [7, 11) is 0. The molecule has 2 heterocycles. The fourth-order valence-corrected chi connectivity index (χ4v) is 2.53. The minimum atomic E-state index is -0.368. The number of hydrogen-bond donors (Lipinski definition) is 1. The summed E-state index contributed by atoms with van der Waals surface area (Å²) in [6.45, 7) is 7.17. The molecule has 0 aromatic carbocycles. The van der Waals surface area contributed by atoms with Crippen LogP contribution in [0.5, 0.6) is 0 Å². The van der Waals surface area contributed by atoms with Gasteiger partial charge >= 0.3 is 0 Å². The Morgan fingerprint density at radius 2 is 1.30 bits per heavy atom. The second-order valence-electron chi connectivity index (χ2n) is 7.71. The van der Waals surface area contributed by atoms with Gasteiger partial charge in [-0.3, -0.25) is 29.1 Å². The lowest BCUT2D eigenvalue weighted by Crippen LogP contribution is -2.31. The largest absolute Gasteiger partial charge is 0.345 e. The molecule has 0 saturated carbocycles. The molecule has 0 unspecified atom stereocenters. The summed E-state index contributed by atoms with van der Waals surface area (Å²) in [5, 5.41) is 2.58. The molecular formula is C23H27N3O4. The highest BCUT2D eigenvalue weighted by atomic mass is 16.2. The average Bonchev–Trinajstić information content (AvgIpc) is 2.75. The van der Waals surface area contributed by atoms with Gasteiger partial charge in [-0.1, -0.05) is 27.7 Å². The van der Waals surface area contributed by atoms with Crippen LogP contribution in [0.2, 0.25) is 0 Å². The van der Waals surface area contributed by atoms with Crippen molar-refractivity contribution in [3.8, 4) is 11.4 Å². The normalized spacial score (nSPS) is 10.9. The van der Waals surface area contributed by atoms with E-state index in [-0.39, 0.29) is 54.5 Å². The van der Waals surface area contributed by atoms with Crippen LogP contribution >= 0.6 is 0 Å². The third kappa shape index (κ3) is 6.40. The summed E-state index contributed by atoms with van der Waals surface area (Å²) < 4.78 is 0. The van der Waals surface area contributed by atoms with E-state index in [1.807, 2.05) is 13.8 Å². The fourth-order valence-electron chi connectivity index (χ4n) is 2.53. The summed E-state index contributed by atoms with van der Waals surface area (Å²) in [5.74, 6) is -0.686. The highest BCUT2D eigenvalue weighted by Gasteiger charge is 2.14. The zero-order valence-corrected chi connectivity index (χ0v) is 17.8. The van der Waals surface area contributed by atoms with Crippen LogP contribution in [-0.2, 0) is 9.59 Å². The molecule has 2 aromatic heterocycles. The lowest BCUT2D eigenvalue weighted by molar-refractivity contribution is -0.122. The van der Waals surface area contributed by atoms with E-state index in [2.05, 4.69) is 15.3 Å². The number of amides is 1. The van der Waals surface area contributed by atoms with E-state index in [1.165, 1.54) is 12.4 Å². The van der Waals surface area contributed by atoms with Crippen molar-refractivity contribution in [2.24, 2.45) is 11.8 Å². The van der Waals surface area contributed by atoms with Gasteiger partial charge < -0.3 is 5.32 Å². The van der Waals surface area contributed by atoms with Crippen LogP contribution in [-0.4, -0.2) is 39.8 Å². The Balaban J connectivity index is 1.98. The summed E-state index contributed by atoms with van der Waals surface area (Å²) in [4.78, 5) is 56.1. The number of aromatic nitrogens is 2. The van der Waals surface area contributed by atoms with Gasteiger partial charge in [0.1, 0.15) is 5.78 Å². The van der Waals surface area contributed by atoms with Crippen molar-refractivity contribution in [3.63, 3.8) is 0 Å². The SMILES string of the molecule is CC(C)C(=O)CCC(=O)c1ccc(-c2ccc(C(=O)NCC(=O)C(C)C)cn2)nc1. The summed E-state index contributed by atoms with van der Waals surface area (Å²) in [6.07, 6.45) is 3.28. The van der Waals surface area contributed by atoms with E-state index in [0.717, 1.165) is 0 Å². The summed E-state index contributed by atoms with van der Waals surface area (Å²) in [5.41, 5.74) is 1.91. The zero-order valence-electron chi connectivity index (χ0n) is 17.8. The molecule has 158 valence electrons. The first-order chi connectivity index (χ1) is 14.2. The summed E-state index contributed by atoms with van der Waals surface area (Å²) >= 11 is 0. The first kappa shape index (κ1) is 23.1. The molecule has 1 amide bonds. The van der Waals surface area contributed by atoms with Crippen LogP contribution in [0.15, 0.2) is 36.7 Å². The second-order valence-corrected chi connectivity index (χ2v) is 7.71. The predicted molar refractivity (Wildman–Crippen MR) is 113 cm³/mol. The number of ketones is 3. The number of nitrogens with one attached hydrogen (secondary N) is 1. The van der Waals surface area contributed by atoms with Gasteiger partial charge in [-0.2, -0.15) is 0 Å². The van der Waals surface area contributed by atoms with E-state index in [9.17, 15) is 19.2 Å². The van der Waals surface area contributed by atoms with Crippen LogP contribution in [0.4, 0.5) is 0 Å². The monoisotopic (exact) mass is 409 g/mol. The van der Waals surface area contributed by atoms with Crippen LogP contribution in [0.3, 0.4) is 0 Å². The molecule has 0 aliphatic carbocycles. The topological polar surface area (TPSA) is 106 Å². The van der Waals surface area contributed by atoms with Crippen molar-refractivity contribution in [1.82, 2.24) is 15.3 Å². The molecule has 0 aliphatic rings. The molecule has 0 spiro atoms. The van der Waals surface area contributed by atoms with Crippen LogP contribution in [0.1, 0.15) is 61.3 Å². The number of nitrogens with zero attached hydrogens (tertiary/aromatic N) is 2. The highest BCUT2D eigenvalue weighted by molar-refractivity contribution is 5.98. The second kappa shape index (κ2) is 10.5. The van der Waals surface area contributed by atoms with Gasteiger partial charge in [0.25, 0.3) is 5.91 Å². The maximum Gasteiger partial charge on any atom is 0.253 e. The average molecular weight is 409 g/mol. The molecule has 0 bridgehead atoms. The van der Waals surface area contributed by atoms with Gasteiger partial charge in [0.2, 0.25) is 0 Å². The third-order valence-electron chi connectivity index (χ3n) is 4.68. The third-order valence-corrected chi connectivity index (χ3v) is 4.68. The van der Waals surface area contributed by atoms with Crippen LogP contribution < -0.4 is 5.32 Å². The number of carbonyl (C=O) groups excluding carboxylic acids is 4. The molecular weight excluding hydrogens is 382 g/mol. The molecule has 0 fully saturated rings. The summed E-state index contributed by atoms with van der Waals surface area (Å²) in [6, 6.07) is 6.60. The van der Waals surface area contributed by atoms with Crippen molar-refractivity contribution < 1.29 is 19.2 Å². The predicted octanol–water partition coefficient (Wildman–Crippen LogP) is 3.29. The molecule has 1 N–H and O–H groups in total. The lowest BCUT2D eigenvalue weighted by Gasteiger charge is -2.07. The number of hydrogen-bond acceptors (Lipinski definition) is 6. The van der Waals surface area contributed by atoms with Crippen molar-refractivity contribution in [2.45, 2.75) is 40.5 Å². The minimum Gasteiger partial charge on any atom is -0.345 e. The molecule has 0 aliphatic heterocycles. The Hall–Kier alpha value is -3.22. The molecule has 2 rings (SSSR count). The van der Waals surface area contributed by atoms with Crippen molar-refractivity contribution in [3.05, 3.63) is 47.8 Å². The first-order valence-corrected chi connectivity index (χ1v) is 9.98. The Labute approximate surface area is 176 Å². The number of rotatable bonds is 10. The van der Waals surface area contributed by atoms with E-state index < -0.39 is 0 Å². The first-order valence-electron chi connectivity index (χ1n) is 9.98. The maximum atomic E-state index is 12.2. The van der Waals surface area contributed by atoms with Gasteiger partial charge in [0.05, 0.1) is 23.5 Å². The van der Waals surface area contributed by atoms with E-state index in [1.54, 1.807) is 38.1 Å². The number of carbonyl (C=O) groups is 4. The van der Waals surface area contributed by atoms with Gasteiger partial charge in [-0.25, -0.2) is 0 Å². The molecule has 0 atom stereocenters. The molecule has 7 heteroatoms. The molecule has 2 aromatic rings. The van der Waals surface area contributed by atoms with Gasteiger partial charge in [0, 0.05) is 42.6 Å². The highest BCUT2D eigenvalue weighted by Crippen LogP contribution is 2.16. The van der Waals surface area contributed by atoms with Crippen molar-refractivity contribution >= 4 is 23.3 Å². The Morgan fingerprint density at radius 1 is 0.767 bits per heavy atom. The smallest absolute Gasteiger partial charge is 0.253 e. The molecule has 0 radical (unpaired) electrons. The van der Waals surface area contributed by atoms with E-state index >= 15 is 0 Å². The lowest BCUT2D eigenvalue weighted by atomic mass is 10.0. The number of pyridine rings is 2. The Kier molecular flexibility index (Phi) is 8.09. The van der Waals surface area contributed by atoms with E-state index in [0.29, 0.717) is 22.5 Å². The van der Waals surface area contributed by atoms with Gasteiger partial charge in [-0.15, -0.1) is 0 Å². The standard InChI is InChI=1S/C23H27N3O4/c1-14(2)20(27)9-10-21(28)16-5-7-18(24-11-16)19-8-6-17(12-25-19)23(30)26-13-22(29)15(3)4/h5-8,11-12,14-15H,9-10,13H2,1-4H3,(H,26,30). The van der Waals surface area contributed by atoms with Crippen LogP contribution in [0.25, 0.3) is 11.4 Å². The van der Waals surface area contributed by atoms with E-state index in [4.69, 9.17) is 0 Å². The Bertz CT molecular complexity index is 839. The maximum absolute atomic E-state index is 12.2. The van der Waals surface area contributed by atoms with Gasteiger partial charge in [0.15, 0.2) is 11.6 Å². The molecule has 7 nitrogen and oxygen atoms in total. The molecule has 30 heavy (non-hydrogen) atoms. The van der Waals surface area contributed by atoms with Crippen LogP contribution in [0, 0.1) is 11.8 Å². The zero-order chi connectivity index (χ0) is 22.3. The molecule has 0 saturated heterocycles. The Morgan fingerprint density at radius 3 is 1.77 bits per heavy atom. The van der Waals surface area contributed by atoms with Gasteiger partial charge in [-0.05, 0) is 24.3 Å². The minimum absolute atomic E-state index is 0.0158.